The van der Waals surface area contributed by atoms with E-state index in [0.717, 1.165) is 68.6 Å². The van der Waals surface area contributed by atoms with Crippen molar-refractivity contribution in [3.8, 4) is 0 Å². The molecule has 160 valence electrons. The van der Waals surface area contributed by atoms with Crippen molar-refractivity contribution >= 4 is 5.91 Å². The smallest absolute Gasteiger partial charge is 0.246 e. The number of furan rings is 1. The summed E-state index contributed by atoms with van der Waals surface area (Å²) in [5.41, 5.74) is 0. The van der Waals surface area contributed by atoms with Gasteiger partial charge in [0.05, 0.1) is 12.6 Å². The van der Waals surface area contributed by atoms with Crippen LogP contribution in [0.15, 0.2) is 16.5 Å². The minimum atomic E-state index is -0.164. The van der Waals surface area contributed by atoms with Crippen molar-refractivity contribution < 1.29 is 13.9 Å². The Morgan fingerprint density at radius 3 is 2.72 bits per heavy atom. The van der Waals surface area contributed by atoms with Crippen LogP contribution in [-0.4, -0.2) is 52.4 Å². The molecule has 2 aromatic rings. The Morgan fingerprint density at radius 1 is 1.24 bits per heavy atom. The summed E-state index contributed by atoms with van der Waals surface area (Å²) in [6, 6.07) is 3.96. The molecule has 0 saturated carbocycles. The predicted molar refractivity (Wildman–Crippen MR) is 109 cm³/mol. The molecule has 0 radical (unpaired) electrons. The van der Waals surface area contributed by atoms with E-state index in [1.54, 1.807) is 0 Å². The topological polar surface area (TPSA) is 85.4 Å². The van der Waals surface area contributed by atoms with Gasteiger partial charge in [-0.2, -0.15) is 0 Å². The van der Waals surface area contributed by atoms with Crippen molar-refractivity contribution in [2.45, 2.75) is 59.2 Å². The molecule has 0 bridgehead atoms. The molecule has 29 heavy (non-hydrogen) atoms. The zero-order valence-electron chi connectivity index (χ0n) is 18.0. The Balaban J connectivity index is 1.70. The summed E-state index contributed by atoms with van der Waals surface area (Å²) in [6.07, 6.45) is 2.55. The van der Waals surface area contributed by atoms with Crippen molar-refractivity contribution in [2.24, 2.45) is 5.92 Å². The summed E-state index contributed by atoms with van der Waals surface area (Å²) in [7, 11) is 1.53. The van der Waals surface area contributed by atoms with Gasteiger partial charge >= 0.3 is 0 Å². The average molecular weight is 404 g/mol. The fraction of sp³-hybridized carbons (Fsp3) is 0.667. The van der Waals surface area contributed by atoms with E-state index < -0.39 is 0 Å². The first-order valence-electron chi connectivity index (χ1n) is 10.5. The maximum absolute atomic E-state index is 12.1. The second-order valence-corrected chi connectivity index (χ2v) is 8.06. The predicted octanol–water partition coefficient (Wildman–Crippen LogP) is 2.34. The normalized spacial score (nSPS) is 15.9. The molecule has 0 spiro atoms. The number of aromatic nitrogens is 3. The van der Waals surface area contributed by atoms with Crippen molar-refractivity contribution in [3.63, 3.8) is 0 Å². The third-order valence-electron chi connectivity index (χ3n) is 5.22. The summed E-state index contributed by atoms with van der Waals surface area (Å²) in [6.45, 7) is 9.83. The molecular weight excluding hydrogens is 370 g/mol. The van der Waals surface area contributed by atoms with E-state index in [2.05, 4.69) is 57.9 Å². The van der Waals surface area contributed by atoms with Crippen LogP contribution in [0.4, 0.5) is 0 Å². The van der Waals surface area contributed by atoms with E-state index in [-0.39, 0.29) is 18.6 Å². The van der Waals surface area contributed by atoms with Gasteiger partial charge in [-0.25, -0.2) is 0 Å². The number of amides is 1. The molecule has 1 atom stereocenters. The maximum atomic E-state index is 12.1. The number of methoxy groups -OCH3 is 1. The molecule has 0 aromatic carbocycles. The first-order chi connectivity index (χ1) is 14.0. The van der Waals surface area contributed by atoms with Gasteiger partial charge in [0.2, 0.25) is 5.91 Å². The van der Waals surface area contributed by atoms with Crippen LogP contribution in [0.25, 0.3) is 0 Å². The summed E-state index contributed by atoms with van der Waals surface area (Å²) in [5, 5.41) is 12.0. The van der Waals surface area contributed by atoms with Crippen LogP contribution in [0, 0.1) is 5.92 Å². The molecule has 1 aliphatic rings. The molecule has 2 aromatic heterocycles. The molecule has 8 heteroatoms. The fourth-order valence-corrected chi connectivity index (χ4v) is 3.79. The number of ether oxygens (including phenoxy) is 1. The van der Waals surface area contributed by atoms with Crippen LogP contribution in [0.2, 0.25) is 0 Å². The first-order valence-corrected chi connectivity index (χ1v) is 10.5. The van der Waals surface area contributed by atoms with Gasteiger partial charge in [-0.1, -0.05) is 20.8 Å². The third kappa shape index (κ3) is 5.67. The van der Waals surface area contributed by atoms with Crippen LogP contribution in [0.5, 0.6) is 0 Å². The maximum Gasteiger partial charge on any atom is 0.246 e. The Hall–Kier alpha value is -2.19. The molecule has 8 nitrogen and oxygen atoms in total. The van der Waals surface area contributed by atoms with Gasteiger partial charge in [0.15, 0.2) is 5.82 Å². The summed E-state index contributed by atoms with van der Waals surface area (Å²) < 4.78 is 13.0. The molecule has 3 heterocycles. The number of hydrogen-bond donors (Lipinski definition) is 1. The minimum absolute atomic E-state index is 0.0479. The highest BCUT2D eigenvalue weighted by molar-refractivity contribution is 5.77. The number of nitrogens with zero attached hydrogens (tertiary/aromatic N) is 4. The zero-order chi connectivity index (χ0) is 20.8. The van der Waals surface area contributed by atoms with Crippen LogP contribution >= 0.6 is 0 Å². The lowest BCUT2D eigenvalue weighted by molar-refractivity contribution is -0.125. The van der Waals surface area contributed by atoms with Crippen LogP contribution in [0.1, 0.15) is 56.4 Å². The summed E-state index contributed by atoms with van der Waals surface area (Å²) >= 11 is 0. The third-order valence-corrected chi connectivity index (χ3v) is 5.22. The van der Waals surface area contributed by atoms with Crippen molar-refractivity contribution in [1.82, 2.24) is 25.0 Å². The lowest BCUT2D eigenvalue weighted by atomic mass is 10.0. The first kappa shape index (κ1) is 21.5. The molecule has 1 N–H and O–H groups in total. The molecule has 1 amide bonds. The molecule has 0 saturated heterocycles. The molecular formula is C21H33N5O3. The van der Waals surface area contributed by atoms with E-state index in [0.29, 0.717) is 5.92 Å². The standard InChI is InChI=1S/C21H33N5O3/c1-5-16-6-7-17(29-16)13-25-9-8-19-23-24-21(26(19)11-10-25)18(12-15(2)3)22-20(27)14-28-4/h6-7,15,18H,5,8-14H2,1-4H3,(H,22,27)/t18-/m1/s1. The zero-order valence-corrected chi connectivity index (χ0v) is 18.0. The van der Waals surface area contributed by atoms with Crippen LogP contribution in [-0.2, 0) is 35.5 Å². The molecule has 0 aliphatic carbocycles. The molecule has 1 aliphatic heterocycles. The molecule has 0 unspecified atom stereocenters. The van der Waals surface area contributed by atoms with Crippen molar-refractivity contribution in [2.75, 3.05) is 26.8 Å². The quantitative estimate of drug-likeness (QED) is 0.692. The number of carbonyl (C=O) groups is 1. The van der Waals surface area contributed by atoms with Crippen LogP contribution in [0.3, 0.4) is 0 Å². The second kappa shape index (κ2) is 10.0. The number of aryl methyl sites for hydroxylation is 1. The molecule has 3 rings (SSSR count). The van der Waals surface area contributed by atoms with E-state index in [1.807, 2.05) is 0 Å². The van der Waals surface area contributed by atoms with Gasteiger partial charge in [-0.05, 0) is 24.5 Å². The Labute approximate surface area is 172 Å². The minimum Gasteiger partial charge on any atom is -0.465 e. The highest BCUT2D eigenvalue weighted by Gasteiger charge is 2.26. The monoisotopic (exact) mass is 403 g/mol. The average Bonchev–Trinajstić information content (AvgIpc) is 3.25. The SMILES string of the molecule is CCc1ccc(CN2CCc3nnc([C@@H](CC(C)C)NC(=O)COC)n3CC2)o1. The summed E-state index contributed by atoms with van der Waals surface area (Å²) in [4.78, 5) is 14.5. The van der Waals surface area contributed by atoms with Gasteiger partial charge in [-0.3, -0.25) is 9.69 Å². The Morgan fingerprint density at radius 2 is 2.03 bits per heavy atom. The van der Waals surface area contributed by atoms with Gasteiger partial charge < -0.3 is 19.0 Å². The lowest BCUT2D eigenvalue weighted by Crippen LogP contribution is -2.34. The Kier molecular flexibility index (Phi) is 7.44. The molecule has 0 fully saturated rings. The van der Waals surface area contributed by atoms with E-state index in [9.17, 15) is 4.79 Å². The fourth-order valence-electron chi connectivity index (χ4n) is 3.79. The van der Waals surface area contributed by atoms with Crippen molar-refractivity contribution in [3.05, 3.63) is 35.3 Å². The number of nitrogens with one attached hydrogen (secondary N) is 1. The largest absolute Gasteiger partial charge is 0.465 e. The van der Waals surface area contributed by atoms with E-state index >= 15 is 0 Å². The lowest BCUT2D eigenvalue weighted by Gasteiger charge is -2.22. The van der Waals surface area contributed by atoms with Crippen molar-refractivity contribution in [1.29, 1.82) is 0 Å². The summed E-state index contributed by atoms with van der Waals surface area (Å²) in [5.74, 6) is 4.14. The van der Waals surface area contributed by atoms with E-state index in [4.69, 9.17) is 9.15 Å². The van der Waals surface area contributed by atoms with Gasteiger partial charge in [0, 0.05) is 39.6 Å². The second-order valence-electron chi connectivity index (χ2n) is 8.06. The number of rotatable bonds is 9. The van der Waals surface area contributed by atoms with Crippen LogP contribution < -0.4 is 5.32 Å². The van der Waals surface area contributed by atoms with Gasteiger partial charge in [0.25, 0.3) is 0 Å². The highest BCUT2D eigenvalue weighted by Crippen LogP contribution is 2.23. The number of carbonyl (C=O) groups excluding carboxylic acids is 1. The number of hydrogen-bond acceptors (Lipinski definition) is 6. The van der Waals surface area contributed by atoms with E-state index in [1.165, 1.54) is 7.11 Å². The van der Waals surface area contributed by atoms with Gasteiger partial charge in [0.1, 0.15) is 24.0 Å². The highest BCUT2D eigenvalue weighted by atomic mass is 16.5. The number of fused-ring (bicyclic) bond motifs is 1. The van der Waals surface area contributed by atoms with Gasteiger partial charge in [-0.15, -0.1) is 10.2 Å². The Bertz CT molecular complexity index is 798.